The van der Waals surface area contributed by atoms with Crippen LogP contribution >= 0.6 is 11.3 Å². The highest BCUT2D eigenvalue weighted by atomic mass is 32.2. The van der Waals surface area contributed by atoms with E-state index in [1.54, 1.807) is 0 Å². The number of rotatable bonds is 5. The van der Waals surface area contributed by atoms with Gasteiger partial charge in [-0.1, -0.05) is 0 Å². The Labute approximate surface area is 118 Å². The van der Waals surface area contributed by atoms with Crippen molar-refractivity contribution in [3.05, 3.63) is 51.7 Å². The lowest BCUT2D eigenvalue weighted by Crippen LogP contribution is -2.24. The number of thiophene rings is 1. The number of benzene rings is 1. The van der Waals surface area contributed by atoms with Crippen LogP contribution < -0.4 is 4.72 Å². The summed E-state index contributed by atoms with van der Waals surface area (Å²) in [6.45, 7) is -0.769. The Morgan fingerprint density at radius 2 is 2.00 bits per heavy atom. The fourth-order valence-electron chi connectivity index (χ4n) is 1.61. The normalized spacial score (nSPS) is 11.8. The minimum atomic E-state index is -3.88. The summed E-state index contributed by atoms with van der Waals surface area (Å²) in [5, 5.41) is 10.6. The summed E-state index contributed by atoms with van der Waals surface area (Å²) >= 11 is 1.10. The molecular weight excluding hydrogens is 308 g/mol. The largest absolute Gasteiger partial charge is 0.391 e. The molecule has 0 radical (unpaired) electrons. The lowest BCUT2D eigenvalue weighted by atomic mass is 10.2. The van der Waals surface area contributed by atoms with Crippen molar-refractivity contribution in [2.24, 2.45) is 0 Å². The van der Waals surface area contributed by atoms with Gasteiger partial charge in [0, 0.05) is 17.0 Å². The number of sulfonamides is 1. The Morgan fingerprint density at radius 1 is 1.25 bits per heavy atom. The van der Waals surface area contributed by atoms with E-state index in [0.717, 1.165) is 29.5 Å². The number of aliphatic hydroxyl groups is 1. The van der Waals surface area contributed by atoms with Crippen molar-refractivity contribution in [3.8, 4) is 0 Å². The van der Waals surface area contributed by atoms with E-state index >= 15 is 0 Å². The monoisotopic (exact) mass is 319 g/mol. The van der Waals surface area contributed by atoms with Crippen LogP contribution in [0.5, 0.6) is 0 Å². The van der Waals surface area contributed by atoms with Crippen molar-refractivity contribution in [1.82, 2.24) is 4.72 Å². The molecular formula is C12H11F2NO3S2. The third kappa shape index (κ3) is 3.21. The first-order valence-electron chi connectivity index (χ1n) is 5.55. The van der Waals surface area contributed by atoms with E-state index in [0.29, 0.717) is 0 Å². The SMILES string of the molecule is O=S(=O)(NCc1cc(F)ccc1F)c1ccsc1CO. The van der Waals surface area contributed by atoms with Gasteiger partial charge in [0.15, 0.2) is 0 Å². The van der Waals surface area contributed by atoms with Gasteiger partial charge in [-0.15, -0.1) is 11.3 Å². The van der Waals surface area contributed by atoms with Crippen LogP contribution in [0.25, 0.3) is 0 Å². The van der Waals surface area contributed by atoms with Crippen LogP contribution in [-0.4, -0.2) is 13.5 Å². The molecule has 0 amide bonds. The molecule has 2 aromatic rings. The minimum absolute atomic E-state index is 0.0539. The first-order valence-corrected chi connectivity index (χ1v) is 7.91. The molecule has 0 saturated carbocycles. The molecule has 1 aromatic carbocycles. The van der Waals surface area contributed by atoms with E-state index < -0.39 is 28.3 Å². The molecule has 0 aliphatic carbocycles. The van der Waals surface area contributed by atoms with Crippen molar-refractivity contribution < 1.29 is 22.3 Å². The summed E-state index contributed by atoms with van der Waals surface area (Å²) in [7, 11) is -3.88. The Hall–Kier alpha value is -1.35. The average Bonchev–Trinajstić information content (AvgIpc) is 2.89. The maximum atomic E-state index is 13.4. The Bertz CT molecular complexity index is 713. The number of halogens is 2. The van der Waals surface area contributed by atoms with Crippen LogP contribution in [-0.2, 0) is 23.2 Å². The molecule has 0 fully saturated rings. The lowest BCUT2D eigenvalue weighted by Gasteiger charge is -2.08. The highest BCUT2D eigenvalue weighted by Gasteiger charge is 2.19. The topological polar surface area (TPSA) is 66.4 Å². The van der Waals surface area contributed by atoms with Crippen LogP contribution in [0, 0.1) is 11.6 Å². The van der Waals surface area contributed by atoms with E-state index in [1.165, 1.54) is 11.4 Å². The van der Waals surface area contributed by atoms with Crippen molar-refractivity contribution in [1.29, 1.82) is 0 Å². The van der Waals surface area contributed by atoms with Gasteiger partial charge >= 0.3 is 0 Å². The average molecular weight is 319 g/mol. The smallest absolute Gasteiger partial charge is 0.242 e. The molecule has 2 rings (SSSR count). The molecule has 0 spiro atoms. The molecule has 8 heteroatoms. The quantitative estimate of drug-likeness (QED) is 0.886. The molecule has 0 aliphatic heterocycles. The number of hydrogen-bond acceptors (Lipinski definition) is 4. The first-order chi connectivity index (χ1) is 9.44. The molecule has 108 valence electrons. The van der Waals surface area contributed by atoms with Gasteiger partial charge < -0.3 is 5.11 Å². The highest BCUT2D eigenvalue weighted by Crippen LogP contribution is 2.22. The minimum Gasteiger partial charge on any atom is -0.391 e. The number of hydrogen-bond donors (Lipinski definition) is 2. The van der Waals surface area contributed by atoms with Crippen LogP contribution in [0.3, 0.4) is 0 Å². The van der Waals surface area contributed by atoms with Gasteiger partial charge in [-0.3, -0.25) is 0 Å². The van der Waals surface area contributed by atoms with Gasteiger partial charge in [-0.2, -0.15) is 0 Å². The summed E-state index contributed by atoms with van der Waals surface area (Å²) in [6, 6.07) is 4.16. The summed E-state index contributed by atoms with van der Waals surface area (Å²) in [5.74, 6) is -1.34. The van der Waals surface area contributed by atoms with E-state index in [4.69, 9.17) is 5.11 Å². The van der Waals surface area contributed by atoms with Crippen LogP contribution in [0.2, 0.25) is 0 Å². The summed E-state index contributed by atoms with van der Waals surface area (Å²) in [6.07, 6.45) is 0. The van der Waals surface area contributed by atoms with E-state index in [1.807, 2.05) is 0 Å². The molecule has 4 nitrogen and oxygen atoms in total. The highest BCUT2D eigenvalue weighted by molar-refractivity contribution is 7.89. The summed E-state index contributed by atoms with van der Waals surface area (Å²) in [5.41, 5.74) is -0.0886. The van der Waals surface area contributed by atoms with Crippen molar-refractivity contribution in [3.63, 3.8) is 0 Å². The molecule has 0 unspecified atom stereocenters. The van der Waals surface area contributed by atoms with Crippen LogP contribution in [0.15, 0.2) is 34.5 Å². The zero-order chi connectivity index (χ0) is 14.8. The Kier molecular flexibility index (Phi) is 4.48. The van der Waals surface area contributed by atoms with Crippen LogP contribution in [0.1, 0.15) is 10.4 Å². The van der Waals surface area contributed by atoms with Gasteiger partial charge in [-0.05, 0) is 29.6 Å². The van der Waals surface area contributed by atoms with E-state index in [-0.39, 0.29) is 21.9 Å². The number of aliphatic hydroxyl groups excluding tert-OH is 1. The molecule has 1 aromatic heterocycles. The second kappa shape index (κ2) is 5.96. The standard InChI is InChI=1S/C12H11F2NO3S2/c13-9-1-2-10(14)8(5-9)6-15-20(17,18)12-3-4-19-11(12)7-16/h1-5,15-16H,6-7H2. The van der Waals surface area contributed by atoms with Crippen molar-refractivity contribution in [2.45, 2.75) is 18.0 Å². The van der Waals surface area contributed by atoms with Gasteiger partial charge in [0.2, 0.25) is 10.0 Å². The van der Waals surface area contributed by atoms with Gasteiger partial charge in [0.25, 0.3) is 0 Å². The predicted octanol–water partition coefficient (Wildman–Crippen LogP) is 2.00. The second-order valence-corrected chi connectivity index (χ2v) is 6.66. The lowest BCUT2D eigenvalue weighted by molar-refractivity contribution is 0.282. The summed E-state index contributed by atoms with van der Waals surface area (Å²) in [4.78, 5) is 0.235. The van der Waals surface area contributed by atoms with Gasteiger partial charge in [0.05, 0.1) is 11.5 Å². The third-order valence-corrected chi connectivity index (χ3v) is 5.12. The first kappa shape index (κ1) is 15.0. The maximum Gasteiger partial charge on any atom is 0.242 e. The molecule has 1 heterocycles. The fourth-order valence-corrected chi connectivity index (χ4v) is 3.91. The zero-order valence-electron chi connectivity index (χ0n) is 10.1. The van der Waals surface area contributed by atoms with E-state index in [9.17, 15) is 17.2 Å². The van der Waals surface area contributed by atoms with E-state index in [2.05, 4.69) is 4.72 Å². The van der Waals surface area contributed by atoms with Crippen molar-refractivity contribution >= 4 is 21.4 Å². The molecule has 20 heavy (non-hydrogen) atoms. The molecule has 0 bridgehead atoms. The van der Waals surface area contributed by atoms with Gasteiger partial charge in [0.1, 0.15) is 11.6 Å². The Morgan fingerprint density at radius 3 is 2.70 bits per heavy atom. The molecule has 0 aliphatic rings. The summed E-state index contributed by atoms with van der Waals surface area (Å²) < 4.78 is 52.6. The predicted molar refractivity (Wildman–Crippen MR) is 70.6 cm³/mol. The fraction of sp³-hybridized carbons (Fsp3) is 0.167. The Balaban J connectivity index is 2.20. The zero-order valence-corrected chi connectivity index (χ0v) is 11.8. The molecule has 0 saturated heterocycles. The number of nitrogens with one attached hydrogen (secondary N) is 1. The second-order valence-electron chi connectivity index (χ2n) is 3.93. The molecule has 2 N–H and O–H groups in total. The van der Waals surface area contributed by atoms with Crippen molar-refractivity contribution in [2.75, 3.05) is 0 Å². The maximum absolute atomic E-state index is 13.4. The van der Waals surface area contributed by atoms with Gasteiger partial charge in [-0.25, -0.2) is 21.9 Å². The molecule has 0 atom stereocenters. The van der Waals surface area contributed by atoms with Crippen LogP contribution in [0.4, 0.5) is 8.78 Å². The third-order valence-electron chi connectivity index (χ3n) is 2.60.